The summed E-state index contributed by atoms with van der Waals surface area (Å²) in [6.45, 7) is 5.42. The Labute approximate surface area is 105 Å². The molecule has 0 bridgehead atoms. The van der Waals surface area contributed by atoms with Crippen LogP contribution in [0.25, 0.3) is 0 Å². The molecule has 0 saturated carbocycles. The van der Waals surface area contributed by atoms with Crippen LogP contribution in [0.3, 0.4) is 0 Å². The van der Waals surface area contributed by atoms with E-state index < -0.39 is 34.7 Å². The molecule has 0 spiro atoms. The maximum absolute atomic E-state index is 11.8. The summed E-state index contributed by atoms with van der Waals surface area (Å²) in [6.07, 6.45) is -0.662. The quantitative estimate of drug-likeness (QED) is 0.607. The second kappa shape index (κ2) is 8.60. The molecule has 0 amide bonds. The first-order chi connectivity index (χ1) is 7.92. The van der Waals surface area contributed by atoms with Crippen LogP contribution in [0.2, 0.25) is 0 Å². The monoisotopic (exact) mass is 266 g/mol. The molecular weight excluding hydrogens is 244 g/mol. The minimum atomic E-state index is -1.52. The zero-order valence-electron chi connectivity index (χ0n) is 10.6. The Morgan fingerprint density at radius 3 is 2.41 bits per heavy atom. The Morgan fingerprint density at radius 1 is 1.41 bits per heavy atom. The first-order valence-electron chi connectivity index (χ1n) is 5.75. The molecule has 0 aromatic rings. The van der Waals surface area contributed by atoms with Crippen molar-refractivity contribution in [3.63, 3.8) is 0 Å². The Hall–Kier alpha value is -0.460. The minimum absolute atomic E-state index is 0.105. The van der Waals surface area contributed by atoms with E-state index in [1.54, 1.807) is 6.92 Å². The molecule has 0 aliphatic carbocycles. The summed E-state index contributed by atoms with van der Waals surface area (Å²) in [4.78, 5) is 11.6. The molecular formula is C11H22O5S. The first-order valence-corrected chi connectivity index (χ1v) is 7.13. The standard InChI is InChI=1S/C11H22O5S/c1-4-10(11(14)16-6-8(2)3)17(15)7-9(13)5-12/h8-10,12-13H,4-7H2,1-3H3. The fourth-order valence-corrected chi connectivity index (χ4v) is 2.53. The summed E-state index contributed by atoms with van der Waals surface area (Å²) in [6, 6.07) is 0. The van der Waals surface area contributed by atoms with Gasteiger partial charge in [-0.1, -0.05) is 20.8 Å². The van der Waals surface area contributed by atoms with Gasteiger partial charge in [-0.3, -0.25) is 9.00 Å². The Kier molecular flexibility index (Phi) is 8.37. The highest BCUT2D eigenvalue weighted by Gasteiger charge is 2.26. The van der Waals surface area contributed by atoms with Crippen LogP contribution in [-0.2, 0) is 20.3 Å². The van der Waals surface area contributed by atoms with Gasteiger partial charge >= 0.3 is 5.97 Å². The molecule has 0 aliphatic rings. The molecule has 3 unspecified atom stereocenters. The lowest BCUT2D eigenvalue weighted by atomic mass is 10.2. The number of carbonyl (C=O) groups excluding carboxylic acids is 1. The summed E-state index contributed by atoms with van der Waals surface area (Å²) in [7, 11) is -1.52. The fraction of sp³-hybridized carbons (Fsp3) is 0.909. The number of esters is 1. The summed E-state index contributed by atoms with van der Waals surface area (Å²) in [5, 5.41) is 17.1. The van der Waals surface area contributed by atoms with E-state index in [0.717, 1.165) is 0 Å². The van der Waals surface area contributed by atoms with E-state index >= 15 is 0 Å². The molecule has 0 saturated heterocycles. The van der Waals surface area contributed by atoms with Crippen LogP contribution in [-0.4, -0.2) is 50.7 Å². The molecule has 0 radical (unpaired) electrons. The second-order valence-electron chi connectivity index (χ2n) is 4.30. The van der Waals surface area contributed by atoms with E-state index in [1.807, 2.05) is 13.8 Å². The van der Waals surface area contributed by atoms with Gasteiger partial charge in [0.25, 0.3) is 0 Å². The molecule has 0 aliphatic heterocycles. The van der Waals surface area contributed by atoms with Crippen molar-refractivity contribution < 1.29 is 24.0 Å². The van der Waals surface area contributed by atoms with Crippen LogP contribution in [0, 0.1) is 5.92 Å². The van der Waals surface area contributed by atoms with Crippen molar-refractivity contribution in [2.24, 2.45) is 5.92 Å². The number of hydrogen-bond donors (Lipinski definition) is 2. The van der Waals surface area contributed by atoms with Crippen LogP contribution < -0.4 is 0 Å². The minimum Gasteiger partial charge on any atom is -0.465 e. The predicted molar refractivity (Wildman–Crippen MR) is 66.0 cm³/mol. The highest BCUT2D eigenvalue weighted by atomic mass is 32.2. The third-order valence-corrected chi connectivity index (χ3v) is 3.95. The average molecular weight is 266 g/mol. The summed E-state index contributed by atoms with van der Waals surface area (Å²) in [5.74, 6) is -0.371. The van der Waals surface area contributed by atoms with E-state index in [4.69, 9.17) is 9.84 Å². The Balaban J connectivity index is 4.29. The van der Waals surface area contributed by atoms with Crippen LogP contribution >= 0.6 is 0 Å². The Morgan fingerprint density at radius 2 is 2.00 bits per heavy atom. The average Bonchev–Trinajstić information content (AvgIpc) is 2.26. The lowest BCUT2D eigenvalue weighted by Gasteiger charge is -2.16. The van der Waals surface area contributed by atoms with Gasteiger partial charge < -0.3 is 14.9 Å². The number of hydrogen-bond acceptors (Lipinski definition) is 5. The fourth-order valence-electron chi connectivity index (χ4n) is 1.16. The van der Waals surface area contributed by atoms with Crippen LogP contribution in [0.15, 0.2) is 0 Å². The normalized spacial score (nSPS) is 16.6. The number of ether oxygens (including phenoxy) is 1. The summed E-state index contributed by atoms with van der Waals surface area (Å²) < 4.78 is 16.8. The third kappa shape index (κ3) is 6.75. The van der Waals surface area contributed by atoms with Gasteiger partial charge in [-0.15, -0.1) is 0 Å². The molecule has 17 heavy (non-hydrogen) atoms. The molecule has 0 rings (SSSR count). The van der Waals surface area contributed by atoms with E-state index in [9.17, 15) is 14.1 Å². The first kappa shape index (κ1) is 16.5. The second-order valence-corrected chi connectivity index (χ2v) is 5.97. The van der Waals surface area contributed by atoms with Gasteiger partial charge in [0.15, 0.2) is 0 Å². The van der Waals surface area contributed by atoms with Crippen molar-refractivity contribution in [1.29, 1.82) is 0 Å². The number of carbonyl (C=O) groups is 1. The summed E-state index contributed by atoms with van der Waals surface area (Å²) in [5.41, 5.74) is 0. The largest absolute Gasteiger partial charge is 0.465 e. The zero-order valence-corrected chi connectivity index (χ0v) is 11.4. The summed E-state index contributed by atoms with van der Waals surface area (Å²) >= 11 is 0. The van der Waals surface area contributed by atoms with Crippen LogP contribution in [0.5, 0.6) is 0 Å². The maximum Gasteiger partial charge on any atom is 0.321 e. The third-order valence-electron chi connectivity index (χ3n) is 2.08. The van der Waals surface area contributed by atoms with Crippen LogP contribution in [0.4, 0.5) is 0 Å². The molecule has 3 atom stereocenters. The van der Waals surface area contributed by atoms with Gasteiger partial charge in [-0.25, -0.2) is 0 Å². The van der Waals surface area contributed by atoms with Crippen molar-refractivity contribution in [3.8, 4) is 0 Å². The topological polar surface area (TPSA) is 83.8 Å². The van der Waals surface area contributed by atoms with Gasteiger partial charge in [0.05, 0.1) is 25.1 Å². The van der Waals surface area contributed by atoms with Gasteiger partial charge in [0.2, 0.25) is 0 Å². The van der Waals surface area contributed by atoms with Crippen molar-refractivity contribution in [2.45, 2.75) is 38.5 Å². The zero-order chi connectivity index (χ0) is 13.4. The number of rotatable bonds is 8. The SMILES string of the molecule is CCC(C(=O)OCC(C)C)S(=O)CC(O)CO. The van der Waals surface area contributed by atoms with Gasteiger partial charge in [0, 0.05) is 10.8 Å². The van der Waals surface area contributed by atoms with E-state index in [0.29, 0.717) is 13.0 Å². The number of aliphatic hydroxyl groups excluding tert-OH is 2. The van der Waals surface area contributed by atoms with E-state index in [1.165, 1.54) is 0 Å². The maximum atomic E-state index is 11.8. The highest BCUT2D eigenvalue weighted by molar-refractivity contribution is 7.86. The molecule has 0 aromatic heterocycles. The van der Waals surface area contributed by atoms with Crippen molar-refractivity contribution in [3.05, 3.63) is 0 Å². The van der Waals surface area contributed by atoms with Gasteiger partial charge in [-0.2, -0.15) is 0 Å². The van der Waals surface area contributed by atoms with Gasteiger partial charge in [0.1, 0.15) is 5.25 Å². The molecule has 0 aromatic carbocycles. The van der Waals surface area contributed by atoms with E-state index in [2.05, 4.69) is 0 Å². The number of aliphatic hydroxyl groups is 2. The van der Waals surface area contributed by atoms with Crippen molar-refractivity contribution in [2.75, 3.05) is 19.0 Å². The van der Waals surface area contributed by atoms with E-state index in [-0.39, 0.29) is 11.7 Å². The smallest absolute Gasteiger partial charge is 0.321 e. The van der Waals surface area contributed by atoms with Crippen molar-refractivity contribution >= 4 is 16.8 Å². The lowest BCUT2D eigenvalue weighted by Crippen LogP contribution is -2.33. The molecule has 0 heterocycles. The molecule has 0 fully saturated rings. The lowest BCUT2D eigenvalue weighted by molar-refractivity contribution is -0.144. The molecule has 2 N–H and O–H groups in total. The van der Waals surface area contributed by atoms with Crippen molar-refractivity contribution in [1.82, 2.24) is 0 Å². The van der Waals surface area contributed by atoms with Gasteiger partial charge in [-0.05, 0) is 12.3 Å². The highest BCUT2D eigenvalue weighted by Crippen LogP contribution is 2.08. The Bertz CT molecular complexity index is 254. The van der Waals surface area contributed by atoms with Crippen LogP contribution in [0.1, 0.15) is 27.2 Å². The molecule has 102 valence electrons. The molecule has 5 nitrogen and oxygen atoms in total. The molecule has 6 heteroatoms. The predicted octanol–water partition coefficient (Wildman–Crippen LogP) is 0.0661.